The lowest BCUT2D eigenvalue weighted by Gasteiger charge is -1.80. The normalized spacial score (nSPS) is 13.1. The van der Waals surface area contributed by atoms with Crippen molar-refractivity contribution < 1.29 is 9.31 Å². The summed E-state index contributed by atoms with van der Waals surface area (Å²) in [5.74, 6) is 0. The first kappa shape index (κ1) is 10.0. The van der Waals surface area contributed by atoms with Crippen molar-refractivity contribution in [2.24, 2.45) is 0 Å². The second-order valence-corrected chi connectivity index (χ2v) is 2.39. The lowest BCUT2D eigenvalue weighted by atomic mass is 10.5. The number of nitrogens with zero attached hydrogens (tertiary/aromatic N) is 1. The van der Waals surface area contributed by atoms with Gasteiger partial charge in [0.2, 0.25) is 6.20 Å². The summed E-state index contributed by atoms with van der Waals surface area (Å²) in [6.07, 6.45) is 4.78. The number of hydrogen-bond donors (Lipinski definition) is 0. The number of rotatable bonds is 3. The first-order chi connectivity index (χ1) is 5.16. The van der Waals surface area contributed by atoms with E-state index in [0.717, 1.165) is 12.3 Å². The fourth-order valence-electron chi connectivity index (χ4n) is 0.321. The van der Waals surface area contributed by atoms with Crippen LogP contribution in [0.3, 0.4) is 0 Å². The average Bonchev–Trinajstić information content (AvgIpc) is 1.87. The minimum atomic E-state index is -0.601. The molecule has 0 unspecified atom stereocenters. The van der Waals surface area contributed by atoms with Crippen LogP contribution in [0.5, 0.6) is 0 Å². The molecule has 0 aliphatic rings. The van der Waals surface area contributed by atoms with Gasteiger partial charge >= 0.3 is 0 Å². The lowest BCUT2D eigenvalue weighted by molar-refractivity contribution is -0.402. The van der Waals surface area contributed by atoms with E-state index in [-0.39, 0.29) is 0 Å². The van der Waals surface area contributed by atoms with Crippen LogP contribution in [0, 0.1) is 10.1 Å². The summed E-state index contributed by atoms with van der Waals surface area (Å²) < 4.78 is 11.8. The van der Waals surface area contributed by atoms with E-state index >= 15 is 0 Å². The fourth-order valence-corrected chi connectivity index (χ4v) is 0.573. The summed E-state index contributed by atoms with van der Waals surface area (Å²) in [5.41, 5.74) is 0. The Hall–Kier alpha value is -0.970. The van der Waals surface area contributed by atoms with Crippen molar-refractivity contribution in [1.29, 1.82) is 0 Å². The topological polar surface area (TPSA) is 43.1 Å². The molecule has 0 N–H and O–H groups in total. The molecule has 5 heteroatoms. The molecule has 0 atom stereocenters. The van der Waals surface area contributed by atoms with Gasteiger partial charge in [-0.15, -0.1) is 0 Å². The zero-order chi connectivity index (χ0) is 8.69. The standard InChI is InChI=1S/C6H5BrFNO2/c7-6(3-4-8)2-1-5-9(10)11/h1-5H/b4-3+,5-1+,6-2+. The molecule has 0 aromatic heterocycles. The Morgan fingerprint density at radius 3 is 2.73 bits per heavy atom. The predicted octanol–water partition coefficient (Wildman–Crippen LogP) is 2.54. The van der Waals surface area contributed by atoms with Crippen LogP contribution in [0.25, 0.3) is 0 Å². The Bertz CT molecular complexity index is 223. The van der Waals surface area contributed by atoms with E-state index in [0.29, 0.717) is 10.8 Å². The summed E-state index contributed by atoms with van der Waals surface area (Å²) in [6.45, 7) is 0. The smallest absolute Gasteiger partial charge is 0.234 e. The first-order valence-electron chi connectivity index (χ1n) is 2.61. The molecule has 0 spiro atoms. The maximum atomic E-state index is 11.4. The molecule has 0 amide bonds. The van der Waals surface area contributed by atoms with Crippen molar-refractivity contribution in [2.75, 3.05) is 0 Å². The van der Waals surface area contributed by atoms with Crippen LogP contribution in [0.15, 0.2) is 35.2 Å². The fraction of sp³-hybridized carbons (Fsp3) is 0. The Kier molecular flexibility index (Phi) is 5.28. The van der Waals surface area contributed by atoms with Crippen LogP contribution in [0.4, 0.5) is 4.39 Å². The van der Waals surface area contributed by atoms with Crippen LogP contribution in [-0.2, 0) is 0 Å². The largest absolute Gasteiger partial charge is 0.259 e. The Labute approximate surface area is 71.2 Å². The number of hydrogen-bond acceptors (Lipinski definition) is 2. The average molecular weight is 222 g/mol. The second-order valence-electron chi connectivity index (χ2n) is 1.47. The number of allylic oxidation sites excluding steroid dienone is 4. The van der Waals surface area contributed by atoms with E-state index in [2.05, 4.69) is 15.9 Å². The van der Waals surface area contributed by atoms with E-state index in [1.807, 2.05) is 0 Å². The molecule has 0 rings (SSSR count). The van der Waals surface area contributed by atoms with Crippen molar-refractivity contribution in [2.45, 2.75) is 0 Å². The Morgan fingerprint density at radius 1 is 1.64 bits per heavy atom. The molecule has 0 saturated heterocycles. The first-order valence-corrected chi connectivity index (χ1v) is 3.40. The molecule has 0 heterocycles. The van der Waals surface area contributed by atoms with Crippen LogP contribution in [-0.4, -0.2) is 4.92 Å². The zero-order valence-electron chi connectivity index (χ0n) is 5.41. The molecule has 60 valence electrons. The van der Waals surface area contributed by atoms with E-state index in [9.17, 15) is 14.5 Å². The van der Waals surface area contributed by atoms with Gasteiger partial charge in [-0.3, -0.25) is 10.1 Å². The van der Waals surface area contributed by atoms with Crippen molar-refractivity contribution >= 4 is 15.9 Å². The molecule has 0 aliphatic carbocycles. The van der Waals surface area contributed by atoms with Crippen molar-refractivity contribution in [3.63, 3.8) is 0 Å². The number of nitro groups is 1. The molecule has 0 aliphatic heterocycles. The highest BCUT2D eigenvalue weighted by Crippen LogP contribution is 2.06. The van der Waals surface area contributed by atoms with Gasteiger partial charge in [-0.25, -0.2) is 4.39 Å². The lowest BCUT2D eigenvalue weighted by Crippen LogP contribution is -1.80. The molecular weight excluding hydrogens is 217 g/mol. The monoisotopic (exact) mass is 221 g/mol. The third-order valence-electron chi connectivity index (χ3n) is 0.685. The van der Waals surface area contributed by atoms with Gasteiger partial charge in [-0.1, -0.05) is 15.9 Å². The molecule has 0 radical (unpaired) electrons. The summed E-state index contributed by atoms with van der Waals surface area (Å²) in [4.78, 5) is 9.12. The van der Waals surface area contributed by atoms with Gasteiger partial charge in [0.1, 0.15) is 0 Å². The van der Waals surface area contributed by atoms with Gasteiger partial charge in [0.05, 0.1) is 11.3 Å². The summed E-state index contributed by atoms with van der Waals surface area (Å²) in [5, 5.41) is 9.72. The van der Waals surface area contributed by atoms with Gasteiger partial charge < -0.3 is 0 Å². The summed E-state index contributed by atoms with van der Waals surface area (Å²) in [6, 6.07) is 0. The Balaban J connectivity index is 4.01. The summed E-state index contributed by atoms with van der Waals surface area (Å²) >= 11 is 2.95. The van der Waals surface area contributed by atoms with E-state index in [1.54, 1.807) is 0 Å². The van der Waals surface area contributed by atoms with Gasteiger partial charge in [0.25, 0.3) is 0 Å². The highest BCUT2D eigenvalue weighted by molar-refractivity contribution is 9.11. The van der Waals surface area contributed by atoms with Crippen molar-refractivity contribution in [3.8, 4) is 0 Å². The maximum absolute atomic E-state index is 11.4. The van der Waals surface area contributed by atoms with Crippen molar-refractivity contribution in [3.05, 3.63) is 45.4 Å². The SMILES string of the molecule is O=[N+]([O-])/C=C/C=C(Br)\C=C\F. The van der Waals surface area contributed by atoms with E-state index < -0.39 is 4.92 Å². The zero-order valence-corrected chi connectivity index (χ0v) is 6.99. The quantitative estimate of drug-likeness (QED) is 0.418. The minimum absolute atomic E-state index is 0.334. The highest BCUT2D eigenvalue weighted by atomic mass is 79.9. The molecule has 3 nitrogen and oxygen atoms in total. The second kappa shape index (κ2) is 5.79. The van der Waals surface area contributed by atoms with Crippen LogP contribution < -0.4 is 0 Å². The maximum Gasteiger partial charge on any atom is 0.234 e. The third-order valence-corrected chi connectivity index (χ3v) is 1.21. The van der Waals surface area contributed by atoms with Gasteiger partial charge in [0, 0.05) is 10.6 Å². The molecule has 0 aromatic rings. The molecule has 0 saturated carbocycles. The van der Waals surface area contributed by atoms with Gasteiger partial charge in [-0.2, -0.15) is 0 Å². The molecule has 0 aromatic carbocycles. The van der Waals surface area contributed by atoms with Crippen LogP contribution >= 0.6 is 15.9 Å². The minimum Gasteiger partial charge on any atom is -0.259 e. The van der Waals surface area contributed by atoms with Gasteiger partial charge in [0.15, 0.2) is 0 Å². The van der Waals surface area contributed by atoms with Crippen molar-refractivity contribution in [1.82, 2.24) is 0 Å². The van der Waals surface area contributed by atoms with E-state index in [1.165, 1.54) is 12.2 Å². The third kappa shape index (κ3) is 6.92. The summed E-state index contributed by atoms with van der Waals surface area (Å²) in [7, 11) is 0. The predicted molar refractivity (Wildman–Crippen MR) is 43.4 cm³/mol. The van der Waals surface area contributed by atoms with Crippen LogP contribution in [0.2, 0.25) is 0 Å². The van der Waals surface area contributed by atoms with Gasteiger partial charge in [-0.05, 0) is 12.2 Å². The number of halogens is 2. The highest BCUT2D eigenvalue weighted by Gasteiger charge is 1.83. The molecule has 0 fully saturated rings. The molecular formula is C6H5BrFNO2. The van der Waals surface area contributed by atoms with Crippen LogP contribution in [0.1, 0.15) is 0 Å². The molecule has 0 bridgehead atoms. The van der Waals surface area contributed by atoms with E-state index in [4.69, 9.17) is 0 Å². The molecule has 11 heavy (non-hydrogen) atoms. The Morgan fingerprint density at radius 2 is 2.27 bits per heavy atom.